The molecule has 0 saturated carbocycles. The number of aromatic nitrogens is 3. The number of nitrogens with zero attached hydrogens (tertiary/aromatic N) is 2. The summed E-state index contributed by atoms with van der Waals surface area (Å²) in [7, 11) is 1.64. The Kier molecular flexibility index (Phi) is 3.44. The van der Waals surface area contributed by atoms with Crippen molar-refractivity contribution in [2.45, 2.75) is 13.8 Å². The Labute approximate surface area is 123 Å². The molecule has 3 aromatic rings. The number of hydrogen-bond acceptors (Lipinski definition) is 3. The number of benzene rings is 1. The van der Waals surface area contributed by atoms with E-state index in [0.717, 1.165) is 22.3 Å². The molecule has 21 heavy (non-hydrogen) atoms. The maximum absolute atomic E-state index is 5.36. The van der Waals surface area contributed by atoms with Crippen LogP contribution in [0, 0.1) is 13.8 Å². The molecule has 1 aromatic carbocycles. The second kappa shape index (κ2) is 5.40. The van der Waals surface area contributed by atoms with Gasteiger partial charge in [0.05, 0.1) is 13.3 Å². The van der Waals surface area contributed by atoms with Crippen molar-refractivity contribution in [1.82, 2.24) is 15.2 Å². The predicted octanol–water partition coefficient (Wildman–Crippen LogP) is 3.76. The molecule has 0 radical (unpaired) electrons. The summed E-state index contributed by atoms with van der Waals surface area (Å²) in [6.45, 7) is 4.13. The molecule has 4 heteroatoms. The lowest BCUT2D eigenvalue weighted by Crippen LogP contribution is -1.97. The molecule has 1 N–H and O–H groups in total. The number of pyridine rings is 1. The van der Waals surface area contributed by atoms with E-state index in [2.05, 4.69) is 34.2 Å². The molecule has 0 saturated heterocycles. The quantitative estimate of drug-likeness (QED) is 0.794. The van der Waals surface area contributed by atoms with Gasteiger partial charge >= 0.3 is 0 Å². The first-order chi connectivity index (χ1) is 10.2. The molecule has 0 aliphatic rings. The molecule has 2 heterocycles. The average Bonchev–Trinajstić information content (AvgIpc) is 3.01. The van der Waals surface area contributed by atoms with Gasteiger partial charge in [-0.3, -0.25) is 5.10 Å². The van der Waals surface area contributed by atoms with Gasteiger partial charge < -0.3 is 4.74 Å². The van der Waals surface area contributed by atoms with Crippen LogP contribution in [0.25, 0.3) is 22.3 Å². The molecule has 0 amide bonds. The third-order valence-electron chi connectivity index (χ3n) is 3.69. The van der Waals surface area contributed by atoms with Crippen molar-refractivity contribution in [3.63, 3.8) is 0 Å². The first-order valence-corrected chi connectivity index (χ1v) is 6.81. The highest BCUT2D eigenvalue weighted by atomic mass is 16.5. The van der Waals surface area contributed by atoms with Crippen molar-refractivity contribution in [1.29, 1.82) is 0 Å². The largest absolute Gasteiger partial charge is 0.481 e. The zero-order valence-electron chi connectivity index (χ0n) is 12.3. The van der Waals surface area contributed by atoms with E-state index in [1.807, 2.05) is 37.6 Å². The van der Waals surface area contributed by atoms with E-state index >= 15 is 0 Å². The van der Waals surface area contributed by atoms with Crippen molar-refractivity contribution < 1.29 is 4.74 Å². The molecule has 3 rings (SSSR count). The monoisotopic (exact) mass is 279 g/mol. The van der Waals surface area contributed by atoms with Gasteiger partial charge in [0.1, 0.15) is 0 Å². The Morgan fingerprint density at radius 3 is 2.52 bits per heavy atom. The predicted molar refractivity (Wildman–Crippen MR) is 83.3 cm³/mol. The van der Waals surface area contributed by atoms with Crippen LogP contribution in [0.1, 0.15) is 11.1 Å². The molecule has 0 fully saturated rings. The van der Waals surface area contributed by atoms with Crippen LogP contribution in [0.4, 0.5) is 0 Å². The van der Waals surface area contributed by atoms with Crippen LogP contribution >= 0.6 is 0 Å². The minimum atomic E-state index is 0.642. The maximum Gasteiger partial charge on any atom is 0.216 e. The molecule has 0 unspecified atom stereocenters. The highest BCUT2D eigenvalue weighted by molar-refractivity contribution is 5.86. The molecule has 4 nitrogen and oxygen atoms in total. The van der Waals surface area contributed by atoms with Gasteiger partial charge in [0, 0.05) is 34.6 Å². The van der Waals surface area contributed by atoms with Crippen LogP contribution in [-0.4, -0.2) is 22.3 Å². The first-order valence-electron chi connectivity index (χ1n) is 6.81. The van der Waals surface area contributed by atoms with Crippen molar-refractivity contribution >= 4 is 0 Å². The summed E-state index contributed by atoms with van der Waals surface area (Å²) in [5.74, 6) is 0.642. The zero-order chi connectivity index (χ0) is 14.8. The standard InChI is InChI=1S/C17H17N3O/c1-11-6-4-5-7-14(11)15-10-18-17(21-3)12(2)16(15)13-8-19-20-9-13/h4-10H,1-3H3,(H,19,20). The summed E-state index contributed by atoms with van der Waals surface area (Å²) in [6, 6.07) is 8.30. The molecule has 0 aliphatic heterocycles. The lowest BCUT2D eigenvalue weighted by atomic mass is 9.92. The number of aryl methyl sites for hydroxylation is 1. The van der Waals surface area contributed by atoms with Gasteiger partial charge in [0.25, 0.3) is 0 Å². The summed E-state index contributed by atoms with van der Waals surface area (Å²) < 4.78 is 5.36. The molecule has 0 spiro atoms. The molecule has 0 aliphatic carbocycles. The van der Waals surface area contributed by atoms with Crippen LogP contribution in [0.2, 0.25) is 0 Å². The molecule has 106 valence electrons. The normalized spacial score (nSPS) is 10.6. The highest BCUT2D eigenvalue weighted by Crippen LogP contribution is 2.38. The van der Waals surface area contributed by atoms with E-state index in [1.54, 1.807) is 7.11 Å². The van der Waals surface area contributed by atoms with Gasteiger partial charge in [-0.25, -0.2) is 4.98 Å². The van der Waals surface area contributed by atoms with E-state index in [9.17, 15) is 0 Å². The number of nitrogens with one attached hydrogen (secondary N) is 1. The van der Waals surface area contributed by atoms with Gasteiger partial charge in [-0.1, -0.05) is 24.3 Å². The SMILES string of the molecule is COc1ncc(-c2ccccc2C)c(-c2cn[nH]c2)c1C. The lowest BCUT2D eigenvalue weighted by Gasteiger charge is -2.15. The maximum atomic E-state index is 5.36. The molecule has 0 bridgehead atoms. The Morgan fingerprint density at radius 2 is 1.86 bits per heavy atom. The summed E-state index contributed by atoms with van der Waals surface area (Å²) in [5.41, 5.74) is 6.63. The van der Waals surface area contributed by atoms with Gasteiger partial charge in [-0.2, -0.15) is 5.10 Å². The second-order valence-corrected chi connectivity index (χ2v) is 4.98. The van der Waals surface area contributed by atoms with Gasteiger partial charge in [0.2, 0.25) is 5.88 Å². The summed E-state index contributed by atoms with van der Waals surface area (Å²) in [5, 5.41) is 6.94. The highest BCUT2D eigenvalue weighted by Gasteiger charge is 2.16. The molecule has 0 atom stereocenters. The minimum Gasteiger partial charge on any atom is -0.481 e. The fourth-order valence-electron chi connectivity index (χ4n) is 2.64. The molecular weight excluding hydrogens is 262 g/mol. The Morgan fingerprint density at radius 1 is 1.05 bits per heavy atom. The fraction of sp³-hybridized carbons (Fsp3) is 0.176. The van der Waals surface area contributed by atoms with Crippen molar-refractivity contribution in [2.75, 3.05) is 7.11 Å². The third-order valence-corrected chi connectivity index (χ3v) is 3.69. The Bertz CT molecular complexity index is 764. The number of aromatic amines is 1. The summed E-state index contributed by atoms with van der Waals surface area (Å²) >= 11 is 0. The van der Waals surface area contributed by atoms with Crippen LogP contribution in [0.3, 0.4) is 0 Å². The number of rotatable bonds is 3. The Hall–Kier alpha value is -2.62. The van der Waals surface area contributed by atoms with Crippen LogP contribution < -0.4 is 4.74 Å². The summed E-state index contributed by atoms with van der Waals surface area (Å²) in [6.07, 6.45) is 5.59. The summed E-state index contributed by atoms with van der Waals surface area (Å²) in [4.78, 5) is 4.43. The van der Waals surface area contributed by atoms with E-state index in [-0.39, 0.29) is 0 Å². The van der Waals surface area contributed by atoms with E-state index in [4.69, 9.17) is 4.74 Å². The topological polar surface area (TPSA) is 50.8 Å². The number of ether oxygens (including phenoxy) is 1. The van der Waals surface area contributed by atoms with E-state index in [1.165, 1.54) is 11.1 Å². The van der Waals surface area contributed by atoms with Crippen LogP contribution in [0.5, 0.6) is 5.88 Å². The first kappa shape index (κ1) is 13.4. The van der Waals surface area contributed by atoms with Crippen molar-refractivity contribution in [3.05, 3.63) is 54.0 Å². The number of H-pyrrole nitrogens is 1. The third kappa shape index (κ3) is 2.29. The van der Waals surface area contributed by atoms with E-state index < -0.39 is 0 Å². The number of methoxy groups -OCH3 is 1. The van der Waals surface area contributed by atoms with Crippen molar-refractivity contribution in [3.8, 4) is 28.1 Å². The average molecular weight is 279 g/mol. The second-order valence-electron chi connectivity index (χ2n) is 4.98. The minimum absolute atomic E-state index is 0.642. The van der Waals surface area contributed by atoms with Gasteiger partial charge in [-0.05, 0) is 25.0 Å². The smallest absolute Gasteiger partial charge is 0.216 e. The molecule has 2 aromatic heterocycles. The number of hydrogen-bond donors (Lipinski definition) is 1. The fourth-order valence-corrected chi connectivity index (χ4v) is 2.64. The van der Waals surface area contributed by atoms with Crippen LogP contribution in [0.15, 0.2) is 42.9 Å². The zero-order valence-corrected chi connectivity index (χ0v) is 12.3. The lowest BCUT2D eigenvalue weighted by molar-refractivity contribution is 0.395. The van der Waals surface area contributed by atoms with Gasteiger partial charge in [-0.15, -0.1) is 0 Å². The van der Waals surface area contributed by atoms with Gasteiger partial charge in [0.15, 0.2) is 0 Å². The van der Waals surface area contributed by atoms with E-state index in [0.29, 0.717) is 5.88 Å². The van der Waals surface area contributed by atoms with Crippen molar-refractivity contribution in [2.24, 2.45) is 0 Å². The van der Waals surface area contributed by atoms with Crippen LogP contribution in [-0.2, 0) is 0 Å². The molecular formula is C17H17N3O. The Balaban J connectivity index is 2.31.